The summed E-state index contributed by atoms with van der Waals surface area (Å²) in [6, 6.07) is -0.549. The van der Waals surface area contributed by atoms with Gasteiger partial charge in [-0.15, -0.1) is 11.8 Å². The van der Waals surface area contributed by atoms with Crippen molar-refractivity contribution in [3.05, 3.63) is 23.3 Å². The number of carbonyl (C=O) groups excluding carboxylic acids is 3. The van der Waals surface area contributed by atoms with Gasteiger partial charge in [-0.2, -0.15) is 0 Å². The summed E-state index contributed by atoms with van der Waals surface area (Å²) < 4.78 is 5.25. The second-order valence-electron chi connectivity index (χ2n) is 8.98. The molecule has 3 N–H and O–H groups in total. The Hall–Kier alpha value is -2.53. The van der Waals surface area contributed by atoms with Crippen LogP contribution in [0.4, 0.5) is 4.79 Å². The quantitative estimate of drug-likeness (QED) is 0.345. The van der Waals surface area contributed by atoms with E-state index in [2.05, 4.69) is 11.9 Å². The van der Waals surface area contributed by atoms with Crippen molar-refractivity contribution in [2.75, 3.05) is 19.7 Å². The minimum atomic E-state index is -1.17. The second kappa shape index (κ2) is 9.38. The first-order chi connectivity index (χ1) is 15.7. The summed E-state index contributed by atoms with van der Waals surface area (Å²) in [6.07, 6.45) is 2.37. The Morgan fingerprint density at radius 3 is 2.76 bits per heavy atom. The molecule has 4 aliphatic rings. The van der Waals surface area contributed by atoms with Crippen LogP contribution in [0, 0.1) is 11.8 Å². The van der Waals surface area contributed by atoms with Gasteiger partial charge >= 0.3 is 12.1 Å². The highest BCUT2D eigenvalue weighted by Crippen LogP contribution is 2.49. The minimum Gasteiger partial charge on any atom is -0.477 e. The first kappa shape index (κ1) is 23.6. The van der Waals surface area contributed by atoms with Crippen LogP contribution in [0.1, 0.15) is 32.6 Å². The van der Waals surface area contributed by atoms with E-state index in [1.54, 1.807) is 11.8 Å². The molecule has 33 heavy (non-hydrogen) atoms. The number of fused-ring (bicyclic) bond motifs is 1. The predicted octanol–water partition coefficient (Wildman–Crippen LogP) is 0.919. The highest BCUT2D eigenvalue weighted by molar-refractivity contribution is 8.03. The van der Waals surface area contributed by atoms with E-state index >= 15 is 0 Å². The van der Waals surface area contributed by atoms with Crippen LogP contribution in [-0.2, 0) is 19.1 Å². The number of nitrogens with zero attached hydrogens (tertiary/aromatic N) is 2. The summed E-state index contributed by atoms with van der Waals surface area (Å²) in [5.74, 6) is -2.31. The van der Waals surface area contributed by atoms with E-state index in [1.165, 1.54) is 22.7 Å². The number of hydrogen-bond donors (Lipinski definition) is 3. The number of likely N-dealkylation sites (tertiary alicyclic amines) is 1. The van der Waals surface area contributed by atoms with E-state index in [-0.39, 0.29) is 47.4 Å². The van der Waals surface area contributed by atoms with Crippen LogP contribution in [0.15, 0.2) is 23.3 Å². The number of β-lactam (4-membered cyclic amide) rings is 1. The summed E-state index contributed by atoms with van der Waals surface area (Å²) in [7, 11) is 0. The Bertz CT molecular complexity index is 904. The largest absolute Gasteiger partial charge is 0.477 e. The SMILES string of the molecule is C=CCOC(=O)N1C[C@@H](SC2=C(C(=O)O)N3C(=O)[C@H]([C@@H](C)O)[C@H]3C2)C[C@H]1CC1CCNC1=O. The van der Waals surface area contributed by atoms with Crippen molar-refractivity contribution in [3.8, 4) is 0 Å². The third-order valence-electron chi connectivity index (χ3n) is 6.85. The van der Waals surface area contributed by atoms with Gasteiger partial charge in [0.1, 0.15) is 12.3 Å². The van der Waals surface area contributed by atoms with Gasteiger partial charge < -0.3 is 30.1 Å². The van der Waals surface area contributed by atoms with Crippen molar-refractivity contribution in [1.82, 2.24) is 15.1 Å². The summed E-state index contributed by atoms with van der Waals surface area (Å²) in [5, 5.41) is 22.4. The number of rotatable bonds is 8. The van der Waals surface area contributed by atoms with Crippen LogP contribution >= 0.6 is 11.8 Å². The van der Waals surface area contributed by atoms with Crippen molar-refractivity contribution in [2.24, 2.45) is 11.8 Å². The Balaban J connectivity index is 1.50. The maximum absolute atomic E-state index is 12.7. The van der Waals surface area contributed by atoms with E-state index in [9.17, 15) is 29.4 Å². The van der Waals surface area contributed by atoms with Gasteiger partial charge in [-0.25, -0.2) is 9.59 Å². The molecule has 0 aromatic heterocycles. The number of ether oxygens (including phenoxy) is 1. The van der Waals surface area contributed by atoms with Crippen LogP contribution in [-0.4, -0.2) is 87.0 Å². The number of thioether (sulfide) groups is 1. The van der Waals surface area contributed by atoms with Crippen molar-refractivity contribution >= 4 is 35.6 Å². The molecule has 0 radical (unpaired) electrons. The molecule has 4 aliphatic heterocycles. The van der Waals surface area contributed by atoms with Crippen LogP contribution in [0.25, 0.3) is 0 Å². The van der Waals surface area contributed by atoms with Gasteiger partial charge in [-0.1, -0.05) is 12.7 Å². The Morgan fingerprint density at radius 1 is 1.39 bits per heavy atom. The van der Waals surface area contributed by atoms with Gasteiger partial charge in [-0.3, -0.25) is 9.59 Å². The zero-order valence-electron chi connectivity index (χ0n) is 18.4. The summed E-state index contributed by atoms with van der Waals surface area (Å²) in [5.41, 5.74) is -0.0219. The molecule has 0 aromatic carbocycles. The van der Waals surface area contributed by atoms with Gasteiger partial charge in [-0.05, 0) is 26.2 Å². The summed E-state index contributed by atoms with van der Waals surface area (Å²) in [6.45, 7) is 6.16. The first-order valence-corrected chi connectivity index (χ1v) is 12.1. The van der Waals surface area contributed by atoms with Gasteiger partial charge in [0, 0.05) is 41.6 Å². The average Bonchev–Trinajstić information content (AvgIpc) is 3.43. The lowest BCUT2D eigenvalue weighted by Crippen LogP contribution is -2.61. The van der Waals surface area contributed by atoms with Crippen molar-refractivity contribution < 1.29 is 34.1 Å². The lowest BCUT2D eigenvalue weighted by molar-refractivity contribution is -0.161. The maximum atomic E-state index is 12.7. The molecule has 11 heteroatoms. The van der Waals surface area contributed by atoms with Crippen LogP contribution in [0.2, 0.25) is 0 Å². The molecule has 180 valence electrons. The monoisotopic (exact) mass is 479 g/mol. The first-order valence-electron chi connectivity index (χ1n) is 11.2. The van der Waals surface area contributed by atoms with E-state index < -0.39 is 24.1 Å². The number of aliphatic hydroxyl groups excluding tert-OH is 1. The Kier molecular flexibility index (Phi) is 6.71. The number of amides is 3. The zero-order valence-corrected chi connectivity index (χ0v) is 19.3. The number of nitrogens with one attached hydrogen (secondary N) is 1. The van der Waals surface area contributed by atoms with Crippen molar-refractivity contribution in [3.63, 3.8) is 0 Å². The van der Waals surface area contributed by atoms with E-state index in [0.717, 1.165) is 6.42 Å². The van der Waals surface area contributed by atoms with Gasteiger partial charge in [0.05, 0.1) is 18.1 Å². The van der Waals surface area contributed by atoms with Gasteiger partial charge in [0.2, 0.25) is 11.8 Å². The van der Waals surface area contributed by atoms with Gasteiger partial charge in [0.25, 0.3) is 0 Å². The van der Waals surface area contributed by atoms with Crippen LogP contribution in [0.5, 0.6) is 0 Å². The fourth-order valence-electron chi connectivity index (χ4n) is 5.36. The molecule has 4 rings (SSSR count). The second-order valence-corrected chi connectivity index (χ2v) is 10.4. The molecule has 3 saturated heterocycles. The number of carbonyl (C=O) groups is 4. The summed E-state index contributed by atoms with van der Waals surface area (Å²) in [4.78, 5) is 52.6. The predicted molar refractivity (Wildman–Crippen MR) is 119 cm³/mol. The number of carboxylic acids is 1. The Morgan fingerprint density at radius 2 is 2.15 bits per heavy atom. The molecule has 0 spiro atoms. The van der Waals surface area contributed by atoms with E-state index in [1.807, 2.05) is 0 Å². The van der Waals surface area contributed by atoms with Gasteiger partial charge in [0.15, 0.2) is 0 Å². The molecule has 0 bridgehead atoms. The number of carboxylic acid groups (broad SMARTS) is 1. The molecular formula is C22H29N3O7S. The topological polar surface area (TPSA) is 136 Å². The molecule has 1 unspecified atom stereocenters. The average molecular weight is 480 g/mol. The zero-order chi connectivity index (χ0) is 23.9. The molecule has 4 heterocycles. The fourth-order valence-corrected chi connectivity index (χ4v) is 6.88. The minimum absolute atomic E-state index is 0.00997. The van der Waals surface area contributed by atoms with Crippen molar-refractivity contribution in [2.45, 2.75) is 56.0 Å². The molecule has 3 fully saturated rings. The standard InChI is InChI=1S/C22H29N3O7S/c1-3-6-32-22(31)24-10-14(8-13(24)7-12-4-5-23-19(12)27)33-16-9-15-17(11(2)26)20(28)25(15)18(16)21(29)30/h3,11-15,17,26H,1,4-10H2,2H3,(H,23,27)(H,29,30)/t11-,12?,13-,14+,15-,17-/m1/s1. The Labute approximate surface area is 196 Å². The lowest BCUT2D eigenvalue weighted by atomic mass is 9.83. The summed E-state index contributed by atoms with van der Waals surface area (Å²) >= 11 is 1.38. The third kappa shape index (κ3) is 4.35. The molecule has 0 saturated carbocycles. The lowest BCUT2D eigenvalue weighted by Gasteiger charge is -2.44. The smallest absolute Gasteiger partial charge is 0.410 e. The number of hydrogen-bond acceptors (Lipinski definition) is 7. The van der Waals surface area contributed by atoms with Crippen LogP contribution in [0.3, 0.4) is 0 Å². The molecule has 0 aliphatic carbocycles. The highest BCUT2D eigenvalue weighted by atomic mass is 32.2. The molecule has 0 aromatic rings. The molecule has 6 atom stereocenters. The molecule has 3 amide bonds. The fraction of sp³-hybridized carbons (Fsp3) is 0.636. The molecular weight excluding hydrogens is 450 g/mol. The number of aliphatic carboxylic acids is 1. The maximum Gasteiger partial charge on any atom is 0.410 e. The van der Waals surface area contributed by atoms with E-state index in [0.29, 0.717) is 37.3 Å². The van der Waals surface area contributed by atoms with Crippen molar-refractivity contribution in [1.29, 1.82) is 0 Å². The number of aliphatic hydroxyl groups is 1. The normalized spacial score (nSPS) is 31.9. The third-order valence-corrected chi connectivity index (χ3v) is 8.17. The van der Waals surface area contributed by atoms with E-state index in [4.69, 9.17) is 4.74 Å². The van der Waals surface area contributed by atoms with Crippen LogP contribution < -0.4 is 5.32 Å². The molecule has 10 nitrogen and oxygen atoms in total. The highest BCUT2D eigenvalue weighted by Gasteiger charge is 2.57.